The van der Waals surface area contributed by atoms with Gasteiger partial charge in [-0.05, 0) is 25.5 Å². The predicted octanol–water partition coefficient (Wildman–Crippen LogP) is 1.24. The minimum Gasteiger partial charge on any atom is -0.481 e. The number of hydrogen-bond donors (Lipinski definition) is 2. The van der Waals surface area contributed by atoms with Crippen molar-refractivity contribution in [3.05, 3.63) is 23.9 Å². The number of nitrogens with zero attached hydrogens (tertiary/aromatic N) is 2. The van der Waals surface area contributed by atoms with Crippen LogP contribution in [0.4, 0.5) is 0 Å². The van der Waals surface area contributed by atoms with Crippen LogP contribution in [0.1, 0.15) is 18.4 Å². The number of piperidine rings is 1. The lowest BCUT2D eigenvalue weighted by atomic mass is 9.97. The normalized spacial score (nSPS) is 20.6. The Bertz CT molecular complexity index is 421. The van der Waals surface area contributed by atoms with Gasteiger partial charge in [0.05, 0.1) is 12.9 Å². The van der Waals surface area contributed by atoms with Gasteiger partial charge < -0.3 is 10.5 Å². The van der Waals surface area contributed by atoms with E-state index in [0.717, 1.165) is 38.0 Å². The third kappa shape index (κ3) is 2.98. The van der Waals surface area contributed by atoms with E-state index < -0.39 is 0 Å². The van der Waals surface area contributed by atoms with Gasteiger partial charge in [0.2, 0.25) is 5.88 Å². The summed E-state index contributed by atoms with van der Waals surface area (Å²) in [6.07, 6.45) is 3.85. The first-order chi connectivity index (χ1) is 8.70. The van der Waals surface area contributed by atoms with Crippen LogP contribution in [-0.2, 0) is 6.54 Å². The number of pyridine rings is 1. The van der Waals surface area contributed by atoms with Gasteiger partial charge >= 0.3 is 0 Å². The third-order valence-electron chi connectivity index (χ3n) is 3.38. The summed E-state index contributed by atoms with van der Waals surface area (Å²) in [4.78, 5) is 6.52. The molecule has 0 aromatic carbocycles. The highest BCUT2D eigenvalue weighted by molar-refractivity contribution is 5.79. The van der Waals surface area contributed by atoms with E-state index in [9.17, 15) is 0 Å². The molecule has 0 radical (unpaired) electrons. The molecule has 3 N–H and O–H groups in total. The fourth-order valence-corrected chi connectivity index (χ4v) is 2.42. The largest absolute Gasteiger partial charge is 0.481 e. The van der Waals surface area contributed by atoms with Crippen molar-refractivity contribution in [2.24, 2.45) is 11.7 Å². The van der Waals surface area contributed by atoms with Crippen LogP contribution in [-0.4, -0.2) is 35.9 Å². The van der Waals surface area contributed by atoms with E-state index in [1.54, 1.807) is 13.3 Å². The molecular formula is C13H20N4O. The number of rotatable bonds is 4. The average molecular weight is 248 g/mol. The lowest BCUT2D eigenvalue weighted by molar-refractivity contribution is 0.193. The quantitative estimate of drug-likeness (QED) is 0.621. The van der Waals surface area contributed by atoms with Gasteiger partial charge in [0.25, 0.3) is 0 Å². The Morgan fingerprint density at radius 1 is 1.67 bits per heavy atom. The Morgan fingerprint density at radius 2 is 2.50 bits per heavy atom. The van der Waals surface area contributed by atoms with E-state index in [-0.39, 0.29) is 5.92 Å². The second-order valence-electron chi connectivity index (χ2n) is 4.70. The molecule has 98 valence electrons. The van der Waals surface area contributed by atoms with Crippen LogP contribution in [0.5, 0.6) is 5.88 Å². The molecule has 1 aliphatic rings. The monoisotopic (exact) mass is 248 g/mol. The first-order valence-electron chi connectivity index (χ1n) is 6.25. The van der Waals surface area contributed by atoms with E-state index in [1.165, 1.54) is 0 Å². The number of nitrogens with two attached hydrogens (primary N) is 1. The zero-order valence-corrected chi connectivity index (χ0v) is 10.7. The van der Waals surface area contributed by atoms with Gasteiger partial charge in [-0.15, -0.1) is 0 Å². The van der Waals surface area contributed by atoms with Crippen molar-refractivity contribution in [3.63, 3.8) is 0 Å². The molecule has 1 atom stereocenters. The Kier molecular flexibility index (Phi) is 4.15. The summed E-state index contributed by atoms with van der Waals surface area (Å²) < 4.78 is 5.26. The van der Waals surface area contributed by atoms with Gasteiger partial charge in [-0.25, -0.2) is 4.98 Å². The third-order valence-corrected chi connectivity index (χ3v) is 3.38. The highest BCUT2D eigenvalue weighted by Gasteiger charge is 2.22. The van der Waals surface area contributed by atoms with Gasteiger partial charge in [0.15, 0.2) is 0 Å². The standard InChI is InChI=1S/C13H20N4O/c1-18-13-11(4-2-6-16-13)9-17-7-3-5-10(8-17)12(14)15/h2,4,6,10H,3,5,7-9H2,1H3,(H3,14,15). The van der Waals surface area contributed by atoms with Crippen LogP contribution in [0.3, 0.4) is 0 Å². The topological polar surface area (TPSA) is 75.2 Å². The highest BCUT2D eigenvalue weighted by atomic mass is 16.5. The smallest absolute Gasteiger partial charge is 0.217 e. The molecule has 0 spiro atoms. The SMILES string of the molecule is COc1ncccc1CN1CCCC(C(=N)N)C1. The van der Waals surface area contributed by atoms with Crippen LogP contribution in [0.2, 0.25) is 0 Å². The van der Waals surface area contributed by atoms with Gasteiger partial charge in [-0.2, -0.15) is 0 Å². The first-order valence-corrected chi connectivity index (χ1v) is 6.25. The van der Waals surface area contributed by atoms with E-state index in [2.05, 4.69) is 9.88 Å². The summed E-state index contributed by atoms with van der Waals surface area (Å²) in [5.41, 5.74) is 6.69. The van der Waals surface area contributed by atoms with Crippen LogP contribution in [0.25, 0.3) is 0 Å². The summed E-state index contributed by atoms with van der Waals surface area (Å²) in [6, 6.07) is 3.95. The molecule has 5 nitrogen and oxygen atoms in total. The Morgan fingerprint density at radius 3 is 3.22 bits per heavy atom. The van der Waals surface area contributed by atoms with Gasteiger partial charge in [-0.3, -0.25) is 10.3 Å². The van der Waals surface area contributed by atoms with E-state index in [0.29, 0.717) is 11.7 Å². The van der Waals surface area contributed by atoms with Gasteiger partial charge in [0, 0.05) is 30.8 Å². The van der Waals surface area contributed by atoms with Crippen molar-refractivity contribution < 1.29 is 4.74 Å². The molecule has 18 heavy (non-hydrogen) atoms. The van der Waals surface area contributed by atoms with Crippen LogP contribution in [0, 0.1) is 11.3 Å². The number of ether oxygens (including phenoxy) is 1. The Balaban J connectivity index is 2.02. The molecule has 1 fully saturated rings. The predicted molar refractivity (Wildman–Crippen MR) is 70.7 cm³/mol. The molecule has 0 saturated carbocycles. The zero-order chi connectivity index (χ0) is 13.0. The maximum absolute atomic E-state index is 7.55. The van der Waals surface area contributed by atoms with Crippen molar-refractivity contribution in [3.8, 4) is 5.88 Å². The van der Waals surface area contributed by atoms with E-state index >= 15 is 0 Å². The molecule has 2 heterocycles. The Labute approximate surface area is 107 Å². The average Bonchev–Trinajstić information content (AvgIpc) is 2.39. The lowest BCUT2D eigenvalue weighted by Gasteiger charge is -2.32. The van der Waals surface area contributed by atoms with Crippen LogP contribution >= 0.6 is 0 Å². The second-order valence-corrected chi connectivity index (χ2v) is 4.70. The van der Waals surface area contributed by atoms with Gasteiger partial charge in [0.1, 0.15) is 0 Å². The molecule has 1 aromatic heterocycles. The number of hydrogen-bond acceptors (Lipinski definition) is 4. The number of likely N-dealkylation sites (tertiary alicyclic amines) is 1. The molecular weight excluding hydrogens is 228 g/mol. The summed E-state index contributed by atoms with van der Waals surface area (Å²) >= 11 is 0. The highest BCUT2D eigenvalue weighted by Crippen LogP contribution is 2.21. The fourth-order valence-electron chi connectivity index (χ4n) is 2.42. The maximum Gasteiger partial charge on any atom is 0.217 e. The number of amidine groups is 1. The first kappa shape index (κ1) is 12.8. The van der Waals surface area contributed by atoms with Crippen molar-refractivity contribution in [1.29, 1.82) is 5.41 Å². The molecule has 0 bridgehead atoms. The summed E-state index contributed by atoms with van der Waals surface area (Å²) in [7, 11) is 1.64. The summed E-state index contributed by atoms with van der Waals surface area (Å²) in [6.45, 7) is 2.70. The zero-order valence-electron chi connectivity index (χ0n) is 10.7. The Hall–Kier alpha value is -1.62. The molecule has 0 amide bonds. The molecule has 5 heteroatoms. The van der Waals surface area contributed by atoms with E-state index in [1.807, 2.05) is 12.1 Å². The van der Waals surface area contributed by atoms with Crippen molar-refractivity contribution in [2.45, 2.75) is 19.4 Å². The molecule has 1 unspecified atom stereocenters. The maximum atomic E-state index is 7.55. The lowest BCUT2D eigenvalue weighted by Crippen LogP contribution is -2.40. The minimum absolute atomic E-state index is 0.196. The number of nitrogens with one attached hydrogen (secondary N) is 1. The molecule has 1 saturated heterocycles. The van der Waals surface area contributed by atoms with Crippen molar-refractivity contribution in [1.82, 2.24) is 9.88 Å². The minimum atomic E-state index is 0.196. The number of methoxy groups -OCH3 is 1. The molecule has 0 aliphatic carbocycles. The summed E-state index contributed by atoms with van der Waals surface area (Å²) in [5.74, 6) is 1.18. The van der Waals surface area contributed by atoms with Gasteiger partial charge in [-0.1, -0.05) is 6.07 Å². The molecule has 1 aliphatic heterocycles. The van der Waals surface area contributed by atoms with Crippen molar-refractivity contribution in [2.75, 3.05) is 20.2 Å². The van der Waals surface area contributed by atoms with Crippen LogP contribution < -0.4 is 10.5 Å². The van der Waals surface area contributed by atoms with Crippen molar-refractivity contribution >= 4 is 5.84 Å². The molecule has 2 rings (SSSR count). The van der Waals surface area contributed by atoms with E-state index in [4.69, 9.17) is 15.9 Å². The fraction of sp³-hybridized carbons (Fsp3) is 0.538. The second kappa shape index (κ2) is 5.82. The number of aromatic nitrogens is 1. The summed E-state index contributed by atoms with van der Waals surface area (Å²) in [5, 5.41) is 7.55. The molecule has 1 aromatic rings. The van der Waals surface area contributed by atoms with Crippen LogP contribution in [0.15, 0.2) is 18.3 Å².